The molecule has 0 bridgehead atoms. The number of hydrogen-bond acceptors (Lipinski definition) is 3. The minimum absolute atomic E-state index is 0.265. The number of carboxylic acid groups (broad SMARTS) is 1. The number of nitrogens with zero attached hydrogens (tertiary/aromatic N) is 3. The first-order valence-corrected chi connectivity index (χ1v) is 5.54. The molecular weight excluding hydrogens is 230 g/mol. The van der Waals surface area contributed by atoms with Gasteiger partial charge in [0.25, 0.3) is 0 Å². The van der Waals surface area contributed by atoms with Gasteiger partial charge in [-0.2, -0.15) is 10.4 Å². The Hall–Kier alpha value is -2.35. The summed E-state index contributed by atoms with van der Waals surface area (Å²) in [5, 5.41) is 23.0. The first-order chi connectivity index (χ1) is 8.45. The minimum atomic E-state index is -0.901. The molecule has 0 aliphatic carbocycles. The number of aromatic nitrogens is 2. The van der Waals surface area contributed by atoms with Crippen molar-refractivity contribution in [3.05, 3.63) is 30.0 Å². The van der Waals surface area contributed by atoms with Crippen LogP contribution in [0.15, 0.2) is 24.4 Å². The Bertz CT molecular complexity index is 650. The van der Waals surface area contributed by atoms with Crippen LogP contribution >= 0.6 is 0 Å². The highest BCUT2D eigenvalue weighted by Crippen LogP contribution is 2.23. The highest BCUT2D eigenvalue weighted by Gasteiger charge is 2.28. The first kappa shape index (κ1) is 12.1. The van der Waals surface area contributed by atoms with Crippen molar-refractivity contribution in [2.45, 2.75) is 20.4 Å². The van der Waals surface area contributed by atoms with Gasteiger partial charge in [0.15, 0.2) is 0 Å². The van der Waals surface area contributed by atoms with Gasteiger partial charge in [-0.15, -0.1) is 0 Å². The number of nitriles is 1. The molecule has 2 rings (SSSR count). The standard InChI is InChI=1S/C13H13N3O2/c1-13(2,12(17)18)8-16-11-5-3-4-9(6-14)10(11)7-15-16/h3-5,7H,8H2,1-2H3,(H,17,18). The van der Waals surface area contributed by atoms with E-state index in [0.717, 1.165) is 10.9 Å². The molecule has 18 heavy (non-hydrogen) atoms. The van der Waals surface area contributed by atoms with Crippen LogP contribution in [-0.4, -0.2) is 20.9 Å². The summed E-state index contributed by atoms with van der Waals surface area (Å²) in [6, 6.07) is 7.42. The molecule has 1 aromatic carbocycles. The summed E-state index contributed by atoms with van der Waals surface area (Å²) < 4.78 is 1.63. The largest absolute Gasteiger partial charge is 0.481 e. The lowest BCUT2D eigenvalue weighted by Gasteiger charge is -2.19. The van der Waals surface area contributed by atoms with Crippen molar-refractivity contribution in [1.29, 1.82) is 5.26 Å². The molecule has 5 nitrogen and oxygen atoms in total. The maximum atomic E-state index is 11.1. The predicted octanol–water partition coefficient (Wildman–Crippen LogP) is 2.02. The molecule has 0 radical (unpaired) electrons. The van der Waals surface area contributed by atoms with Crippen molar-refractivity contribution in [3.8, 4) is 6.07 Å². The Balaban J connectivity index is 2.49. The van der Waals surface area contributed by atoms with E-state index in [4.69, 9.17) is 10.4 Å². The Morgan fingerprint density at radius 3 is 2.89 bits per heavy atom. The molecule has 0 saturated carbocycles. The highest BCUT2D eigenvalue weighted by atomic mass is 16.4. The second-order valence-corrected chi connectivity index (χ2v) is 4.84. The number of hydrogen-bond donors (Lipinski definition) is 1. The molecule has 0 aliphatic rings. The molecule has 2 aromatic rings. The third-order valence-corrected chi connectivity index (χ3v) is 2.93. The number of benzene rings is 1. The first-order valence-electron chi connectivity index (χ1n) is 5.54. The zero-order valence-electron chi connectivity index (χ0n) is 10.2. The van der Waals surface area contributed by atoms with Crippen LogP contribution in [0.25, 0.3) is 10.9 Å². The molecule has 1 heterocycles. The molecule has 92 valence electrons. The monoisotopic (exact) mass is 243 g/mol. The van der Waals surface area contributed by atoms with E-state index in [1.807, 2.05) is 6.07 Å². The normalized spacial score (nSPS) is 11.4. The van der Waals surface area contributed by atoms with Crippen LogP contribution in [0.3, 0.4) is 0 Å². The van der Waals surface area contributed by atoms with Crippen LogP contribution in [0.5, 0.6) is 0 Å². The van der Waals surface area contributed by atoms with E-state index in [1.165, 1.54) is 0 Å². The van der Waals surface area contributed by atoms with Crippen molar-refractivity contribution < 1.29 is 9.90 Å². The maximum Gasteiger partial charge on any atom is 0.310 e. The van der Waals surface area contributed by atoms with Crippen LogP contribution < -0.4 is 0 Å². The summed E-state index contributed by atoms with van der Waals surface area (Å²) in [6.07, 6.45) is 1.60. The van der Waals surface area contributed by atoms with Crippen molar-refractivity contribution >= 4 is 16.9 Å². The van der Waals surface area contributed by atoms with Gasteiger partial charge in [-0.05, 0) is 26.0 Å². The topological polar surface area (TPSA) is 78.9 Å². The van der Waals surface area contributed by atoms with Crippen LogP contribution in [0, 0.1) is 16.7 Å². The summed E-state index contributed by atoms with van der Waals surface area (Å²) in [6.45, 7) is 3.56. The zero-order valence-corrected chi connectivity index (χ0v) is 10.2. The van der Waals surface area contributed by atoms with Crippen molar-refractivity contribution in [2.75, 3.05) is 0 Å². The second-order valence-electron chi connectivity index (χ2n) is 4.84. The molecule has 5 heteroatoms. The lowest BCUT2D eigenvalue weighted by molar-refractivity contribution is -0.147. The Kier molecular flexibility index (Phi) is 2.79. The van der Waals surface area contributed by atoms with Gasteiger partial charge in [-0.25, -0.2) is 0 Å². The van der Waals surface area contributed by atoms with Gasteiger partial charge in [0, 0.05) is 5.39 Å². The fraction of sp³-hybridized carbons (Fsp3) is 0.308. The summed E-state index contributed by atoms with van der Waals surface area (Å²) in [5.41, 5.74) is 0.428. The van der Waals surface area contributed by atoms with Crippen LogP contribution in [0.2, 0.25) is 0 Å². The third-order valence-electron chi connectivity index (χ3n) is 2.93. The summed E-state index contributed by atoms with van der Waals surface area (Å²) in [4.78, 5) is 11.1. The molecule has 0 amide bonds. The minimum Gasteiger partial charge on any atom is -0.481 e. The smallest absolute Gasteiger partial charge is 0.310 e. The number of rotatable bonds is 3. The zero-order chi connectivity index (χ0) is 13.3. The van der Waals surface area contributed by atoms with Gasteiger partial charge in [-0.1, -0.05) is 6.07 Å². The Labute approximate surface area is 104 Å². The number of carbonyl (C=O) groups is 1. The fourth-order valence-electron chi connectivity index (χ4n) is 1.77. The summed E-state index contributed by atoms with van der Waals surface area (Å²) in [5.74, 6) is -0.873. The average Bonchev–Trinajstić information content (AvgIpc) is 2.71. The van der Waals surface area contributed by atoms with E-state index >= 15 is 0 Å². The van der Waals surface area contributed by atoms with Crippen LogP contribution in [-0.2, 0) is 11.3 Å². The summed E-state index contributed by atoms with van der Waals surface area (Å²) >= 11 is 0. The van der Waals surface area contributed by atoms with Gasteiger partial charge in [0.1, 0.15) is 0 Å². The van der Waals surface area contributed by atoms with Gasteiger partial charge in [0.2, 0.25) is 0 Å². The molecule has 1 N–H and O–H groups in total. The van der Waals surface area contributed by atoms with Gasteiger partial charge in [0.05, 0.1) is 35.3 Å². The molecular formula is C13H13N3O2. The van der Waals surface area contributed by atoms with Crippen LogP contribution in [0.4, 0.5) is 0 Å². The fourth-order valence-corrected chi connectivity index (χ4v) is 1.77. The second kappa shape index (κ2) is 4.15. The third kappa shape index (κ3) is 1.93. The Morgan fingerprint density at radius 2 is 2.28 bits per heavy atom. The van der Waals surface area contributed by atoms with E-state index in [9.17, 15) is 4.79 Å². The number of carboxylic acids is 1. The van der Waals surface area contributed by atoms with Gasteiger partial charge < -0.3 is 5.11 Å². The van der Waals surface area contributed by atoms with Crippen molar-refractivity contribution in [3.63, 3.8) is 0 Å². The van der Waals surface area contributed by atoms with Crippen LogP contribution in [0.1, 0.15) is 19.4 Å². The van der Waals surface area contributed by atoms with E-state index in [-0.39, 0.29) is 6.54 Å². The molecule has 0 spiro atoms. The average molecular weight is 243 g/mol. The number of aliphatic carboxylic acids is 1. The molecule has 0 unspecified atom stereocenters. The summed E-state index contributed by atoms with van der Waals surface area (Å²) in [7, 11) is 0. The van der Waals surface area contributed by atoms with E-state index in [2.05, 4.69) is 11.2 Å². The molecule has 0 saturated heterocycles. The van der Waals surface area contributed by atoms with Gasteiger partial charge >= 0.3 is 5.97 Å². The van der Waals surface area contributed by atoms with Crippen molar-refractivity contribution in [2.24, 2.45) is 5.41 Å². The number of fused-ring (bicyclic) bond motifs is 1. The quantitative estimate of drug-likeness (QED) is 0.894. The molecule has 1 aromatic heterocycles. The maximum absolute atomic E-state index is 11.1. The van der Waals surface area contributed by atoms with Crippen molar-refractivity contribution in [1.82, 2.24) is 9.78 Å². The predicted molar refractivity (Wildman–Crippen MR) is 65.9 cm³/mol. The van der Waals surface area contributed by atoms with E-state index in [0.29, 0.717) is 5.56 Å². The Morgan fingerprint density at radius 1 is 1.56 bits per heavy atom. The van der Waals surface area contributed by atoms with E-state index < -0.39 is 11.4 Å². The SMILES string of the molecule is CC(C)(Cn1ncc2c(C#N)cccc21)C(=O)O. The molecule has 0 atom stereocenters. The van der Waals surface area contributed by atoms with E-state index in [1.54, 1.807) is 36.9 Å². The highest BCUT2D eigenvalue weighted by molar-refractivity contribution is 5.85. The lowest BCUT2D eigenvalue weighted by Crippen LogP contribution is -2.29. The molecule has 0 fully saturated rings. The molecule has 0 aliphatic heterocycles. The van der Waals surface area contributed by atoms with Gasteiger partial charge in [-0.3, -0.25) is 9.48 Å². The lowest BCUT2D eigenvalue weighted by atomic mass is 9.94.